The van der Waals surface area contributed by atoms with Crippen molar-refractivity contribution in [1.82, 2.24) is 0 Å². The number of nitriles is 1. The predicted molar refractivity (Wildman–Crippen MR) is 72.8 cm³/mol. The van der Waals surface area contributed by atoms with Gasteiger partial charge in [0.2, 0.25) is 0 Å². The lowest BCUT2D eigenvalue weighted by Crippen LogP contribution is -2.37. The Labute approximate surface area is 118 Å². The summed E-state index contributed by atoms with van der Waals surface area (Å²) in [4.78, 5) is 11.7. The first-order chi connectivity index (χ1) is 8.34. The number of aromatic hydroxyl groups is 1. The van der Waals surface area contributed by atoms with E-state index in [4.69, 9.17) is 11.0 Å². The smallest absolute Gasteiger partial charge is 0.313 e. The lowest BCUT2D eigenvalue weighted by atomic mass is 9.80. The Morgan fingerprint density at radius 1 is 1.53 bits per heavy atom. The molecule has 0 aliphatic rings. The summed E-state index contributed by atoms with van der Waals surface area (Å²) >= 11 is 0. The van der Waals surface area contributed by atoms with Crippen LogP contribution in [0, 0.1) is 16.7 Å². The maximum absolute atomic E-state index is 11.7. The van der Waals surface area contributed by atoms with Gasteiger partial charge in [-0.25, -0.2) is 0 Å². The number of halogens is 1. The van der Waals surface area contributed by atoms with Crippen LogP contribution < -0.4 is 5.73 Å². The van der Waals surface area contributed by atoms with Crippen molar-refractivity contribution in [2.75, 3.05) is 7.11 Å². The van der Waals surface area contributed by atoms with Crippen molar-refractivity contribution in [3.8, 4) is 11.8 Å². The predicted octanol–water partition coefficient (Wildman–Crippen LogP) is 1.88. The second-order valence-electron chi connectivity index (χ2n) is 4.58. The quantitative estimate of drug-likeness (QED) is 0.826. The maximum atomic E-state index is 11.7. The zero-order valence-corrected chi connectivity index (χ0v) is 11.8. The summed E-state index contributed by atoms with van der Waals surface area (Å²) in [6.07, 6.45) is 0. The molecule has 0 unspecified atom stereocenters. The van der Waals surface area contributed by atoms with E-state index in [-0.39, 0.29) is 18.2 Å². The Kier molecular flexibility index (Phi) is 5.81. The van der Waals surface area contributed by atoms with Crippen LogP contribution >= 0.6 is 12.4 Å². The minimum absolute atomic E-state index is 0. The third-order valence-electron chi connectivity index (χ3n) is 2.98. The van der Waals surface area contributed by atoms with Crippen LogP contribution in [-0.2, 0) is 9.53 Å². The fourth-order valence-electron chi connectivity index (χ4n) is 1.65. The molecule has 0 heterocycles. The van der Waals surface area contributed by atoms with Gasteiger partial charge in [0.05, 0.1) is 24.2 Å². The lowest BCUT2D eigenvalue weighted by molar-refractivity contribution is -0.152. The molecule has 1 aromatic rings. The van der Waals surface area contributed by atoms with E-state index in [1.807, 2.05) is 6.07 Å². The molecule has 0 bridgehead atoms. The first kappa shape index (κ1) is 17.2. The van der Waals surface area contributed by atoms with E-state index in [9.17, 15) is 9.90 Å². The lowest BCUT2D eigenvalue weighted by Gasteiger charge is -2.29. The maximum Gasteiger partial charge on any atom is 0.313 e. The molecule has 1 rings (SSSR count). The second kappa shape index (κ2) is 6.41. The highest BCUT2D eigenvalue weighted by Crippen LogP contribution is 2.36. The molecule has 1 aromatic carbocycles. The van der Waals surface area contributed by atoms with Gasteiger partial charge < -0.3 is 15.6 Å². The molecule has 3 N–H and O–H groups in total. The molecule has 0 saturated carbocycles. The fraction of sp³-hybridized carbons (Fsp3) is 0.385. The average molecular weight is 285 g/mol. The molecule has 1 atom stereocenters. The number of ether oxygens (including phenoxy) is 1. The van der Waals surface area contributed by atoms with Crippen molar-refractivity contribution in [2.45, 2.75) is 19.9 Å². The summed E-state index contributed by atoms with van der Waals surface area (Å²) in [5.74, 6) is -0.518. The third kappa shape index (κ3) is 3.37. The molecular weight excluding hydrogens is 268 g/mol. The zero-order chi connectivity index (χ0) is 13.9. The van der Waals surface area contributed by atoms with Crippen molar-refractivity contribution >= 4 is 18.4 Å². The van der Waals surface area contributed by atoms with Gasteiger partial charge in [-0.1, -0.05) is 0 Å². The van der Waals surface area contributed by atoms with Gasteiger partial charge in [0.25, 0.3) is 0 Å². The molecule has 104 valence electrons. The van der Waals surface area contributed by atoms with Crippen LogP contribution in [0.4, 0.5) is 0 Å². The van der Waals surface area contributed by atoms with Crippen LogP contribution in [0.5, 0.6) is 5.75 Å². The minimum atomic E-state index is -1.000. The Balaban J connectivity index is 0.00000324. The molecule has 0 aliphatic heterocycles. The number of methoxy groups -OCH3 is 1. The SMILES string of the molecule is COC(=O)C(C)(C)[C@H](N)c1cc(C#N)ccc1O.Cl. The highest BCUT2D eigenvalue weighted by atomic mass is 35.5. The number of phenols is 1. The summed E-state index contributed by atoms with van der Waals surface area (Å²) in [6.45, 7) is 3.25. The van der Waals surface area contributed by atoms with Crippen LogP contribution in [0.15, 0.2) is 18.2 Å². The van der Waals surface area contributed by atoms with E-state index >= 15 is 0 Å². The number of nitrogens with zero attached hydrogens (tertiary/aromatic N) is 1. The molecule has 0 saturated heterocycles. The van der Waals surface area contributed by atoms with Gasteiger partial charge in [0, 0.05) is 11.6 Å². The number of hydrogen-bond acceptors (Lipinski definition) is 5. The van der Waals surface area contributed by atoms with Gasteiger partial charge in [-0.2, -0.15) is 5.26 Å². The summed E-state index contributed by atoms with van der Waals surface area (Å²) in [6, 6.07) is 5.55. The third-order valence-corrected chi connectivity index (χ3v) is 2.98. The van der Waals surface area contributed by atoms with Crippen LogP contribution in [-0.4, -0.2) is 18.2 Å². The molecule has 0 fully saturated rings. The summed E-state index contributed by atoms with van der Waals surface area (Å²) in [5, 5.41) is 18.6. The Bertz CT molecular complexity index is 509. The van der Waals surface area contributed by atoms with Crippen molar-refractivity contribution in [3.05, 3.63) is 29.3 Å². The van der Waals surface area contributed by atoms with Crippen molar-refractivity contribution in [1.29, 1.82) is 5.26 Å². The number of carbonyl (C=O) groups is 1. The van der Waals surface area contributed by atoms with Gasteiger partial charge in [0.1, 0.15) is 5.75 Å². The molecule has 0 radical (unpaired) electrons. The molecule has 6 heteroatoms. The van der Waals surface area contributed by atoms with Crippen LogP contribution in [0.3, 0.4) is 0 Å². The van der Waals surface area contributed by atoms with Crippen molar-refractivity contribution in [2.24, 2.45) is 11.1 Å². The molecule has 0 aliphatic carbocycles. The van der Waals surface area contributed by atoms with E-state index in [0.717, 1.165) is 0 Å². The van der Waals surface area contributed by atoms with E-state index in [1.54, 1.807) is 13.8 Å². The van der Waals surface area contributed by atoms with E-state index in [2.05, 4.69) is 4.74 Å². The molecule has 0 spiro atoms. The van der Waals surface area contributed by atoms with Gasteiger partial charge in [-0.05, 0) is 32.0 Å². The van der Waals surface area contributed by atoms with Crippen molar-refractivity contribution < 1.29 is 14.6 Å². The van der Waals surface area contributed by atoms with E-state index < -0.39 is 17.4 Å². The standard InChI is InChI=1S/C13H16N2O3.ClH/c1-13(2,12(17)18-3)11(15)9-6-8(7-14)4-5-10(9)16;/h4-6,11,16H,15H2,1-3H3;1H/t11-;/m1./s1. The Morgan fingerprint density at radius 2 is 2.11 bits per heavy atom. The highest BCUT2D eigenvalue weighted by Gasteiger charge is 2.37. The fourth-order valence-corrected chi connectivity index (χ4v) is 1.65. The monoisotopic (exact) mass is 284 g/mol. The summed E-state index contributed by atoms with van der Waals surface area (Å²) in [5.41, 5.74) is 5.73. The largest absolute Gasteiger partial charge is 0.508 e. The highest BCUT2D eigenvalue weighted by molar-refractivity contribution is 5.85. The number of rotatable bonds is 3. The number of carbonyl (C=O) groups excluding carboxylic acids is 1. The number of hydrogen-bond donors (Lipinski definition) is 2. The van der Waals surface area contributed by atoms with Gasteiger partial charge in [0.15, 0.2) is 0 Å². The first-order valence-corrected chi connectivity index (χ1v) is 5.41. The molecule has 0 aromatic heterocycles. The van der Waals surface area contributed by atoms with Gasteiger partial charge in [-0.3, -0.25) is 4.79 Å². The Hall–Kier alpha value is -1.77. The number of esters is 1. The molecule has 5 nitrogen and oxygen atoms in total. The summed E-state index contributed by atoms with van der Waals surface area (Å²) in [7, 11) is 1.28. The van der Waals surface area contributed by atoms with E-state index in [0.29, 0.717) is 11.1 Å². The number of phenolic OH excluding ortho intramolecular Hbond substituents is 1. The number of nitrogens with two attached hydrogens (primary N) is 1. The van der Waals surface area contributed by atoms with E-state index in [1.165, 1.54) is 25.3 Å². The molecular formula is C13H17ClN2O3. The normalized spacial score (nSPS) is 11.9. The average Bonchev–Trinajstić information content (AvgIpc) is 2.37. The first-order valence-electron chi connectivity index (χ1n) is 5.41. The minimum Gasteiger partial charge on any atom is -0.508 e. The van der Waals surface area contributed by atoms with Crippen LogP contribution in [0.2, 0.25) is 0 Å². The van der Waals surface area contributed by atoms with Crippen molar-refractivity contribution in [3.63, 3.8) is 0 Å². The van der Waals surface area contributed by atoms with Crippen LogP contribution in [0.1, 0.15) is 31.0 Å². The Morgan fingerprint density at radius 3 is 2.58 bits per heavy atom. The second-order valence-corrected chi connectivity index (χ2v) is 4.58. The topological polar surface area (TPSA) is 96.3 Å². The van der Waals surface area contributed by atoms with Gasteiger partial charge >= 0.3 is 5.97 Å². The van der Waals surface area contributed by atoms with Crippen LogP contribution in [0.25, 0.3) is 0 Å². The molecule has 0 amide bonds. The molecule has 19 heavy (non-hydrogen) atoms. The zero-order valence-electron chi connectivity index (χ0n) is 11.0. The van der Waals surface area contributed by atoms with Gasteiger partial charge in [-0.15, -0.1) is 12.4 Å². The summed E-state index contributed by atoms with van der Waals surface area (Å²) < 4.78 is 4.69. The number of benzene rings is 1.